The molecule has 0 aliphatic rings. The van der Waals surface area contributed by atoms with Crippen molar-refractivity contribution in [2.45, 2.75) is 4.75 Å². The lowest BCUT2D eigenvalue weighted by Crippen LogP contribution is -2.39. The molecule has 3 aromatic carbocycles. The van der Waals surface area contributed by atoms with E-state index in [0.29, 0.717) is 0 Å². The highest BCUT2D eigenvalue weighted by atomic mass is 35.5. The van der Waals surface area contributed by atoms with Gasteiger partial charge in [-0.3, -0.25) is 4.55 Å². The van der Waals surface area contributed by atoms with E-state index in [1.165, 1.54) is 36.4 Å². The summed E-state index contributed by atoms with van der Waals surface area (Å²) in [4.78, 5) is 0. The average molecular weight is 494 g/mol. The molecule has 3 aromatic rings. The maximum atomic E-state index is 13.0. The molecule has 0 aliphatic heterocycles. The van der Waals surface area contributed by atoms with Crippen LogP contribution in [0.3, 0.4) is 0 Å². The van der Waals surface area contributed by atoms with Crippen LogP contribution in [0, 0.1) is 0 Å². The fourth-order valence-electron chi connectivity index (χ4n) is 3.20. The first-order chi connectivity index (χ1) is 13.5. The van der Waals surface area contributed by atoms with Gasteiger partial charge in [-0.15, -0.1) is 0 Å². The molecular weight excluding hydrogens is 482 g/mol. The lowest BCUT2D eigenvalue weighted by Gasteiger charge is -2.34. The van der Waals surface area contributed by atoms with E-state index in [9.17, 15) is 23.2 Å². The van der Waals surface area contributed by atoms with Crippen molar-refractivity contribution in [3.63, 3.8) is 0 Å². The Bertz CT molecular complexity index is 1160. The third-order valence-electron chi connectivity index (χ3n) is 4.36. The summed E-state index contributed by atoms with van der Waals surface area (Å²) in [7, 11) is -5.13. The Hall–Kier alpha value is -1.67. The van der Waals surface area contributed by atoms with Gasteiger partial charge in [0.05, 0.1) is 0 Å². The molecule has 0 fully saturated rings. The van der Waals surface area contributed by atoms with Crippen molar-refractivity contribution in [3.8, 4) is 11.5 Å². The number of phenols is 2. The summed E-state index contributed by atoms with van der Waals surface area (Å²) >= 11 is 24.8. The molecular formula is C19H12Cl4O5S. The van der Waals surface area contributed by atoms with Gasteiger partial charge in [0.25, 0.3) is 10.1 Å². The quantitative estimate of drug-likeness (QED) is 0.311. The second kappa shape index (κ2) is 7.87. The van der Waals surface area contributed by atoms with Gasteiger partial charge in [-0.05, 0) is 48.5 Å². The van der Waals surface area contributed by atoms with Crippen LogP contribution < -0.4 is 0 Å². The number of phenolic OH excluding ortho intramolecular Hbond substituents is 2. The molecule has 152 valence electrons. The summed E-state index contributed by atoms with van der Waals surface area (Å²) in [6.45, 7) is 0. The molecule has 0 saturated carbocycles. The van der Waals surface area contributed by atoms with Gasteiger partial charge in [-0.1, -0.05) is 46.4 Å². The molecule has 0 radical (unpaired) electrons. The minimum Gasteiger partial charge on any atom is -0.508 e. The molecule has 0 heterocycles. The normalized spacial score (nSPS) is 12.2. The van der Waals surface area contributed by atoms with E-state index in [4.69, 9.17) is 46.4 Å². The highest BCUT2D eigenvalue weighted by molar-refractivity contribution is 7.87. The van der Waals surface area contributed by atoms with Gasteiger partial charge in [-0.2, -0.15) is 8.42 Å². The SMILES string of the molecule is O=S(=O)(O)C(c1ccc(O)cc1O)(c1cc(Cl)ccc1Cl)c1cc(Cl)ccc1Cl. The Balaban J connectivity index is 2.65. The number of benzene rings is 3. The second-order valence-corrected chi connectivity index (χ2v) is 9.36. The van der Waals surface area contributed by atoms with Gasteiger partial charge >= 0.3 is 0 Å². The zero-order chi connectivity index (χ0) is 21.6. The number of hydrogen-bond donors (Lipinski definition) is 3. The highest BCUT2D eigenvalue weighted by Crippen LogP contribution is 2.52. The molecule has 0 spiro atoms. The van der Waals surface area contributed by atoms with Crippen LogP contribution in [0.25, 0.3) is 0 Å². The van der Waals surface area contributed by atoms with Crippen LogP contribution in [0.2, 0.25) is 20.1 Å². The Kier molecular flexibility index (Phi) is 5.98. The maximum Gasteiger partial charge on any atom is 0.283 e. The molecule has 0 bridgehead atoms. The fourth-order valence-corrected chi connectivity index (χ4v) is 5.52. The van der Waals surface area contributed by atoms with Gasteiger partial charge in [0.2, 0.25) is 0 Å². The first-order valence-corrected chi connectivity index (χ1v) is 10.8. The lowest BCUT2D eigenvalue weighted by molar-refractivity contribution is 0.431. The largest absolute Gasteiger partial charge is 0.508 e. The standard InChI is InChI=1S/C19H12Cl4O5S/c20-10-1-5-16(22)14(7-10)19(29(26,27)28,13-4-3-12(24)9-18(13)25)15-8-11(21)2-6-17(15)23/h1-9,24-25H,(H,26,27,28). The van der Waals surface area contributed by atoms with E-state index in [2.05, 4.69) is 0 Å². The Labute approximate surface area is 186 Å². The van der Waals surface area contributed by atoms with Crippen molar-refractivity contribution in [1.82, 2.24) is 0 Å². The summed E-state index contributed by atoms with van der Waals surface area (Å²) in [5.41, 5.74) is -0.648. The number of halogens is 4. The van der Waals surface area contributed by atoms with Gasteiger partial charge in [0.15, 0.2) is 4.75 Å². The third-order valence-corrected chi connectivity index (χ3v) is 6.93. The summed E-state index contributed by atoms with van der Waals surface area (Å²) in [5.74, 6) is -0.959. The van der Waals surface area contributed by atoms with Crippen molar-refractivity contribution < 1.29 is 23.2 Å². The fraction of sp³-hybridized carbons (Fsp3) is 0.0526. The smallest absolute Gasteiger partial charge is 0.283 e. The second-order valence-electron chi connectivity index (χ2n) is 6.11. The summed E-state index contributed by atoms with van der Waals surface area (Å²) in [6, 6.07) is 11.2. The Morgan fingerprint density at radius 1 is 0.690 bits per heavy atom. The predicted octanol–water partition coefficient (Wildman–Crippen LogP) is 5.89. The molecule has 0 unspecified atom stereocenters. The number of aromatic hydroxyl groups is 2. The minimum atomic E-state index is -5.13. The number of hydrogen-bond acceptors (Lipinski definition) is 4. The third kappa shape index (κ3) is 3.77. The average Bonchev–Trinajstić information content (AvgIpc) is 2.61. The van der Waals surface area contributed by atoms with Crippen LogP contribution in [0.5, 0.6) is 11.5 Å². The first-order valence-electron chi connectivity index (χ1n) is 7.89. The molecule has 10 heteroatoms. The molecule has 29 heavy (non-hydrogen) atoms. The zero-order valence-electron chi connectivity index (χ0n) is 14.3. The summed E-state index contributed by atoms with van der Waals surface area (Å²) in [5, 5.41) is 20.3. The van der Waals surface area contributed by atoms with Crippen LogP contribution in [0.15, 0.2) is 54.6 Å². The van der Waals surface area contributed by atoms with Crippen LogP contribution in [0.1, 0.15) is 16.7 Å². The van der Waals surface area contributed by atoms with Crippen molar-refractivity contribution in [1.29, 1.82) is 0 Å². The summed E-state index contributed by atoms with van der Waals surface area (Å²) in [6.07, 6.45) is 0. The molecule has 0 aliphatic carbocycles. The Morgan fingerprint density at radius 2 is 1.17 bits per heavy atom. The van der Waals surface area contributed by atoms with Crippen LogP contribution >= 0.6 is 46.4 Å². The van der Waals surface area contributed by atoms with Crippen LogP contribution in [0.4, 0.5) is 0 Å². The topological polar surface area (TPSA) is 94.8 Å². The molecule has 3 N–H and O–H groups in total. The van der Waals surface area contributed by atoms with E-state index in [1.807, 2.05) is 0 Å². The lowest BCUT2D eigenvalue weighted by atomic mass is 9.83. The van der Waals surface area contributed by atoms with Crippen molar-refractivity contribution >= 4 is 56.5 Å². The molecule has 3 rings (SSSR count). The minimum absolute atomic E-state index is 0.0736. The molecule has 0 aromatic heterocycles. The van der Waals surface area contributed by atoms with Crippen LogP contribution in [-0.4, -0.2) is 23.2 Å². The molecule has 5 nitrogen and oxygen atoms in total. The van der Waals surface area contributed by atoms with Crippen LogP contribution in [-0.2, 0) is 14.9 Å². The van der Waals surface area contributed by atoms with Crippen molar-refractivity contribution in [2.75, 3.05) is 0 Å². The monoisotopic (exact) mass is 492 g/mol. The van der Waals surface area contributed by atoms with Crippen molar-refractivity contribution in [2.24, 2.45) is 0 Å². The molecule has 0 atom stereocenters. The van der Waals surface area contributed by atoms with E-state index in [-0.39, 0.29) is 42.5 Å². The number of rotatable bonds is 4. The maximum absolute atomic E-state index is 13.0. The van der Waals surface area contributed by atoms with E-state index in [0.717, 1.165) is 18.2 Å². The highest BCUT2D eigenvalue weighted by Gasteiger charge is 2.52. The van der Waals surface area contributed by atoms with Gasteiger partial charge in [0.1, 0.15) is 11.5 Å². The molecule has 0 saturated heterocycles. The predicted molar refractivity (Wildman–Crippen MR) is 114 cm³/mol. The van der Waals surface area contributed by atoms with E-state index < -0.39 is 20.6 Å². The summed E-state index contributed by atoms with van der Waals surface area (Å²) < 4.78 is 34.0. The van der Waals surface area contributed by atoms with E-state index in [1.54, 1.807) is 0 Å². The van der Waals surface area contributed by atoms with E-state index >= 15 is 0 Å². The molecule has 0 amide bonds. The van der Waals surface area contributed by atoms with Gasteiger partial charge in [0, 0.05) is 42.8 Å². The van der Waals surface area contributed by atoms with Gasteiger partial charge in [-0.25, -0.2) is 0 Å². The first kappa shape index (κ1) is 22.0. The Morgan fingerprint density at radius 3 is 1.59 bits per heavy atom. The zero-order valence-corrected chi connectivity index (χ0v) is 18.1. The van der Waals surface area contributed by atoms with Crippen molar-refractivity contribution in [3.05, 3.63) is 91.4 Å². The van der Waals surface area contributed by atoms with Gasteiger partial charge < -0.3 is 10.2 Å².